The van der Waals surface area contributed by atoms with E-state index >= 15 is 0 Å². The minimum absolute atomic E-state index is 0.0357. The minimum Gasteiger partial charge on any atom is -0.354 e. The van der Waals surface area contributed by atoms with Gasteiger partial charge in [0, 0.05) is 24.4 Å². The van der Waals surface area contributed by atoms with Gasteiger partial charge in [-0.25, -0.2) is 4.39 Å². The molecule has 1 aromatic carbocycles. The van der Waals surface area contributed by atoms with Crippen LogP contribution in [0.25, 0.3) is 11.4 Å². The van der Waals surface area contributed by atoms with Crippen LogP contribution in [-0.4, -0.2) is 22.1 Å². The second kappa shape index (κ2) is 7.68. The SMILES string of the molecule is CCC[C@@H](C)NC(=O)CCc1nc(-c2cccc(F)c2)no1. The molecule has 5 nitrogen and oxygen atoms in total. The van der Waals surface area contributed by atoms with Crippen LogP contribution in [0, 0.1) is 5.82 Å². The largest absolute Gasteiger partial charge is 0.354 e. The van der Waals surface area contributed by atoms with Gasteiger partial charge in [-0.3, -0.25) is 4.79 Å². The van der Waals surface area contributed by atoms with Crippen molar-refractivity contribution in [3.05, 3.63) is 36.0 Å². The van der Waals surface area contributed by atoms with Gasteiger partial charge in [0.15, 0.2) is 0 Å². The Morgan fingerprint density at radius 2 is 2.27 bits per heavy atom. The van der Waals surface area contributed by atoms with E-state index in [0.29, 0.717) is 30.1 Å². The summed E-state index contributed by atoms with van der Waals surface area (Å²) in [5.74, 6) is 0.311. The highest BCUT2D eigenvalue weighted by atomic mass is 19.1. The first-order valence-corrected chi connectivity index (χ1v) is 7.46. The highest BCUT2D eigenvalue weighted by Crippen LogP contribution is 2.17. The number of aryl methyl sites for hydroxylation is 1. The van der Waals surface area contributed by atoms with Crippen LogP contribution in [0.15, 0.2) is 28.8 Å². The van der Waals surface area contributed by atoms with Gasteiger partial charge in [0.05, 0.1) is 0 Å². The Labute approximate surface area is 128 Å². The van der Waals surface area contributed by atoms with Gasteiger partial charge in [-0.05, 0) is 25.5 Å². The number of benzene rings is 1. The molecule has 6 heteroatoms. The Hall–Kier alpha value is -2.24. The van der Waals surface area contributed by atoms with E-state index in [-0.39, 0.29) is 17.8 Å². The molecule has 0 bridgehead atoms. The van der Waals surface area contributed by atoms with Crippen LogP contribution in [0.5, 0.6) is 0 Å². The lowest BCUT2D eigenvalue weighted by Gasteiger charge is -2.11. The molecule has 0 unspecified atom stereocenters. The first-order valence-electron chi connectivity index (χ1n) is 7.46. The Bertz CT molecular complexity index is 627. The second-order valence-corrected chi connectivity index (χ2v) is 5.28. The van der Waals surface area contributed by atoms with Gasteiger partial charge in [0.25, 0.3) is 0 Å². The molecule has 2 aromatic rings. The molecular weight excluding hydrogens is 285 g/mol. The molecule has 0 saturated carbocycles. The molecule has 22 heavy (non-hydrogen) atoms. The topological polar surface area (TPSA) is 68.0 Å². The number of amides is 1. The van der Waals surface area contributed by atoms with Crippen LogP contribution in [0.3, 0.4) is 0 Å². The zero-order chi connectivity index (χ0) is 15.9. The van der Waals surface area contributed by atoms with E-state index in [2.05, 4.69) is 22.4 Å². The fourth-order valence-corrected chi connectivity index (χ4v) is 2.17. The molecule has 1 heterocycles. The summed E-state index contributed by atoms with van der Waals surface area (Å²) in [6.07, 6.45) is 2.64. The van der Waals surface area contributed by atoms with Crippen molar-refractivity contribution < 1.29 is 13.7 Å². The van der Waals surface area contributed by atoms with Crippen molar-refractivity contribution in [3.63, 3.8) is 0 Å². The summed E-state index contributed by atoms with van der Waals surface area (Å²) in [5, 5.41) is 6.73. The van der Waals surface area contributed by atoms with E-state index in [1.54, 1.807) is 12.1 Å². The predicted octanol–water partition coefficient (Wildman–Crippen LogP) is 3.11. The molecule has 1 aromatic heterocycles. The van der Waals surface area contributed by atoms with Crippen molar-refractivity contribution in [1.29, 1.82) is 0 Å². The molecule has 1 N–H and O–H groups in total. The van der Waals surface area contributed by atoms with Crippen molar-refractivity contribution >= 4 is 5.91 Å². The van der Waals surface area contributed by atoms with Crippen LogP contribution in [0.1, 0.15) is 39.0 Å². The van der Waals surface area contributed by atoms with Gasteiger partial charge in [-0.1, -0.05) is 30.6 Å². The predicted molar refractivity (Wildman–Crippen MR) is 80.5 cm³/mol. The monoisotopic (exact) mass is 305 g/mol. The van der Waals surface area contributed by atoms with Gasteiger partial charge in [0.2, 0.25) is 17.6 Å². The lowest BCUT2D eigenvalue weighted by molar-refractivity contribution is -0.121. The van der Waals surface area contributed by atoms with Crippen molar-refractivity contribution in [3.8, 4) is 11.4 Å². The third-order valence-electron chi connectivity index (χ3n) is 3.25. The van der Waals surface area contributed by atoms with E-state index in [4.69, 9.17) is 4.52 Å². The zero-order valence-electron chi connectivity index (χ0n) is 12.8. The lowest BCUT2D eigenvalue weighted by atomic mass is 10.2. The van der Waals surface area contributed by atoms with E-state index in [0.717, 1.165) is 12.8 Å². The lowest BCUT2D eigenvalue weighted by Crippen LogP contribution is -2.32. The molecule has 0 radical (unpaired) electrons. The summed E-state index contributed by atoms with van der Waals surface area (Å²) in [5.41, 5.74) is 0.552. The van der Waals surface area contributed by atoms with E-state index in [9.17, 15) is 9.18 Å². The molecule has 2 rings (SSSR count). The Morgan fingerprint density at radius 1 is 1.45 bits per heavy atom. The minimum atomic E-state index is -0.354. The first kappa shape index (κ1) is 16.1. The highest BCUT2D eigenvalue weighted by Gasteiger charge is 2.12. The number of halogens is 1. The number of hydrogen-bond donors (Lipinski definition) is 1. The van der Waals surface area contributed by atoms with E-state index in [1.807, 2.05) is 6.92 Å². The average Bonchev–Trinajstić information content (AvgIpc) is 2.94. The van der Waals surface area contributed by atoms with Crippen molar-refractivity contribution in [1.82, 2.24) is 15.5 Å². The number of carbonyl (C=O) groups excluding carboxylic acids is 1. The molecule has 0 saturated heterocycles. The molecule has 0 spiro atoms. The fraction of sp³-hybridized carbons (Fsp3) is 0.438. The smallest absolute Gasteiger partial charge is 0.227 e. The number of hydrogen-bond acceptors (Lipinski definition) is 4. The van der Waals surface area contributed by atoms with Crippen molar-refractivity contribution in [2.75, 3.05) is 0 Å². The summed E-state index contributed by atoms with van der Waals surface area (Å²) in [6, 6.07) is 6.16. The third kappa shape index (κ3) is 4.65. The molecule has 0 aliphatic rings. The Kier molecular flexibility index (Phi) is 5.63. The van der Waals surface area contributed by atoms with E-state index < -0.39 is 0 Å². The average molecular weight is 305 g/mol. The van der Waals surface area contributed by atoms with E-state index in [1.165, 1.54) is 12.1 Å². The molecule has 0 aliphatic heterocycles. The zero-order valence-corrected chi connectivity index (χ0v) is 12.8. The first-order chi connectivity index (χ1) is 10.6. The molecule has 1 amide bonds. The van der Waals surface area contributed by atoms with Crippen LogP contribution < -0.4 is 5.32 Å². The quantitative estimate of drug-likeness (QED) is 0.853. The number of rotatable bonds is 7. The van der Waals surface area contributed by atoms with Crippen molar-refractivity contribution in [2.24, 2.45) is 0 Å². The second-order valence-electron chi connectivity index (χ2n) is 5.28. The number of aromatic nitrogens is 2. The maximum atomic E-state index is 13.2. The Balaban J connectivity index is 1.88. The number of carbonyl (C=O) groups is 1. The maximum absolute atomic E-state index is 13.2. The summed E-state index contributed by atoms with van der Waals surface area (Å²) in [6.45, 7) is 4.06. The van der Waals surface area contributed by atoms with Crippen LogP contribution >= 0.6 is 0 Å². The molecule has 0 aliphatic carbocycles. The van der Waals surface area contributed by atoms with Gasteiger partial charge in [-0.2, -0.15) is 4.98 Å². The number of nitrogens with zero attached hydrogens (tertiary/aromatic N) is 2. The summed E-state index contributed by atoms with van der Waals surface area (Å²) in [7, 11) is 0. The highest BCUT2D eigenvalue weighted by molar-refractivity contribution is 5.76. The fourth-order valence-electron chi connectivity index (χ4n) is 2.17. The van der Waals surface area contributed by atoms with Crippen molar-refractivity contribution in [2.45, 2.75) is 45.6 Å². The van der Waals surface area contributed by atoms with Crippen LogP contribution in [0.2, 0.25) is 0 Å². The van der Waals surface area contributed by atoms with Crippen LogP contribution in [0.4, 0.5) is 4.39 Å². The maximum Gasteiger partial charge on any atom is 0.227 e. The molecule has 118 valence electrons. The van der Waals surface area contributed by atoms with Gasteiger partial charge >= 0.3 is 0 Å². The molecule has 1 atom stereocenters. The van der Waals surface area contributed by atoms with Gasteiger partial charge in [-0.15, -0.1) is 0 Å². The molecular formula is C16H20FN3O2. The van der Waals surface area contributed by atoms with Gasteiger partial charge in [0.1, 0.15) is 5.82 Å². The number of nitrogens with one attached hydrogen (secondary N) is 1. The summed E-state index contributed by atoms with van der Waals surface area (Å²) in [4.78, 5) is 16.0. The molecule has 0 fully saturated rings. The van der Waals surface area contributed by atoms with Crippen LogP contribution in [-0.2, 0) is 11.2 Å². The van der Waals surface area contributed by atoms with Gasteiger partial charge < -0.3 is 9.84 Å². The summed E-state index contributed by atoms with van der Waals surface area (Å²) < 4.78 is 18.3. The summed E-state index contributed by atoms with van der Waals surface area (Å²) >= 11 is 0. The Morgan fingerprint density at radius 3 is 3.00 bits per heavy atom. The normalized spacial score (nSPS) is 12.1. The standard InChI is InChI=1S/C16H20FN3O2/c1-3-5-11(2)18-14(21)8-9-15-19-16(20-22-15)12-6-4-7-13(17)10-12/h4,6-7,10-11H,3,5,8-9H2,1-2H3,(H,18,21)/t11-/m1/s1. The third-order valence-corrected chi connectivity index (χ3v) is 3.25.